The highest BCUT2D eigenvalue weighted by Gasteiger charge is 2.40. The summed E-state index contributed by atoms with van der Waals surface area (Å²) < 4.78 is 5.02. The number of rotatable bonds is 3. The molecule has 5 nitrogen and oxygen atoms in total. The third-order valence-electron chi connectivity index (χ3n) is 3.19. The Hall–Kier alpha value is -1.88. The summed E-state index contributed by atoms with van der Waals surface area (Å²) in [7, 11) is 0. The molecule has 18 heavy (non-hydrogen) atoms. The summed E-state index contributed by atoms with van der Waals surface area (Å²) in [5, 5.41) is 0. The Morgan fingerprint density at radius 1 is 1.44 bits per heavy atom. The highest BCUT2D eigenvalue weighted by molar-refractivity contribution is 5.90. The van der Waals surface area contributed by atoms with E-state index in [-0.39, 0.29) is 18.5 Å². The highest BCUT2D eigenvalue weighted by Crippen LogP contribution is 2.29. The number of hydrazine groups is 1. The lowest BCUT2D eigenvalue weighted by molar-refractivity contribution is -0.142. The number of esters is 1. The fraction of sp³-hybridized carbons (Fsp3) is 0.385. The molecule has 0 saturated carbocycles. The van der Waals surface area contributed by atoms with Crippen molar-refractivity contribution in [2.24, 2.45) is 0 Å². The lowest BCUT2D eigenvalue weighted by Crippen LogP contribution is -2.35. The third kappa shape index (κ3) is 2.22. The second-order valence-corrected chi connectivity index (χ2v) is 4.58. The first-order chi connectivity index (χ1) is 8.54. The van der Waals surface area contributed by atoms with Crippen LogP contribution in [-0.4, -0.2) is 18.4 Å². The molecule has 5 heteroatoms. The largest absolute Gasteiger partial charge is 0.461 e. The zero-order valence-corrected chi connectivity index (χ0v) is 10.4. The van der Waals surface area contributed by atoms with Gasteiger partial charge in [0.1, 0.15) is 6.61 Å². The zero-order chi connectivity index (χ0) is 13.2. The maximum absolute atomic E-state index is 11.9. The highest BCUT2D eigenvalue weighted by atomic mass is 16.5. The lowest BCUT2D eigenvalue weighted by atomic mass is 9.80. The SMILES string of the molecule is CC(=O)OCc1ccccc1C1(C)CNNC1=O. The summed E-state index contributed by atoms with van der Waals surface area (Å²) >= 11 is 0. The first-order valence-corrected chi connectivity index (χ1v) is 5.79. The van der Waals surface area contributed by atoms with Crippen LogP contribution in [0.2, 0.25) is 0 Å². The minimum Gasteiger partial charge on any atom is -0.461 e. The van der Waals surface area contributed by atoms with Crippen molar-refractivity contribution in [2.45, 2.75) is 25.9 Å². The molecular weight excluding hydrogens is 232 g/mol. The van der Waals surface area contributed by atoms with Crippen LogP contribution in [0.1, 0.15) is 25.0 Å². The van der Waals surface area contributed by atoms with Gasteiger partial charge in [0.25, 0.3) is 0 Å². The fourth-order valence-electron chi connectivity index (χ4n) is 2.10. The first-order valence-electron chi connectivity index (χ1n) is 5.79. The van der Waals surface area contributed by atoms with Crippen molar-refractivity contribution in [1.82, 2.24) is 10.9 Å². The molecule has 1 atom stereocenters. The van der Waals surface area contributed by atoms with Crippen LogP contribution in [0.25, 0.3) is 0 Å². The molecule has 0 aliphatic carbocycles. The van der Waals surface area contributed by atoms with Gasteiger partial charge in [-0.05, 0) is 18.1 Å². The van der Waals surface area contributed by atoms with Gasteiger partial charge < -0.3 is 4.74 Å². The van der Waals surface area contributed by atoms with E-state index in [2.05, 4.69) is 10.9 Å². The average molecular weight is 248 g/mol. The maximum atomic E-state index is 11.9. The molecule has 2 N–H and O–H groups in total. The maximum Gasteiger partial charge on any atom is 0.302 e. The van der Waals surface area contributed by atoms with E-state index in [4.69, 9.17) is 4.74 Å². The van der Waals surface area contributed by atoms with Gasteiger partial charge in [-0.1, -0.05) is 24.3 Å². The van der Waals surface area contributed by atoms with E-state index in [1.54, 1.807) is 0 Å². The van der Waals surface area contributed by atoms with Crippen LogP contribution in [0.4, 0.5) is 0 Å². The molecule has 1 amide bonds. The van der Waals surface area contributed by atoms with E-state index in [1.165, 1.54) is 6.92 Å². The number of nitrogens with one attached hydrogen (secondary N) is 2. The molecule has 0 aromatic heterocycles. The van der Waals surface area contributed by atoms with E-state index >= 15 is 0 Å². The van der Waals surface area contributed by atoms with E-state index < -0.39 is 5.41 Å². The minimum absolute atomic E-state index is 0.0715. The Kier molecular flexibility index (Phi) is 3.34. The standard InChI is InChI=1S/C13H16N2O3/c1-9(16)18-7-10-5-3-4-6-11(10)13(2)8-14-15-12(13)17/h3-6,14H,7-8H2,1-2H3,(H,15,17). The molecule has 0 spiro atoms. The molecule has 1 aliphatic rings. The molecule has 1 unspecified atom stereocenters. The van der Waals surface area contributed by atoms with Crippen LogP contribution < -0.4 is 10.9 Å². The van der Waals surface area contributed by atoms with Gasteiger partial charge >= 0.3 is 5.97 Å². The van der Waals surface area contributed by atoms with Gasteiger partial charge in [0.15, 0.2) is 0 Å². The Bertz CT molecular complexity index is 487. The van der Waals surface area contributed by atoms with Crippen LogP contribution in [0.5, 0.6) is 0 Å². The summed E-state index contributed by atoms with van der Waals surface area (Å²) in [6.45, 7) is 3.94. The van der Waals surface area contributed by atoms with Crippen molar-refractivity contribution in [3.8, 4) is 0 Å². The summed E-state index contributed by atoms with van der Waals surface area (Å²) in [6.07, 6.45) is 0. The molecule has 1 aromatic rings. The van der Waals surface area contributed by atoms with Crippen LogP contribution >= 0.6 is 0 Å². The summed E-state index contributed by atoms with van der Waals surface area (Å²) in [4.78, 5) is 22.8. The number of benzene rings is 1. The van der Waals surface area contributed by atoms with Crippen molar-refractivity contribution in [3.63, 3.8) is 0 Å². The monoisotopic (exact) mass is 248 g/mol. The topological polar surface area (TPSA) is 67.4 Å². The molecule has 1 aliphatic heterocycles. The van der Waals surface area contributed by atoms with Crippen molar-refractivity contribution in [3.05, 3.63) is 35.4 Å². The molecule has 96 valence electrons. The van der Waals surface area contributed by atoms with Crippen LogP contribution in [0.3, 0.4) is 0 Å². The van der Waals surface area contributed by atoms with Gasteiger partial charge in [0.05, 0.1) is 5.41 Å². The summed E-state index contributed by atoms with van der Waals surface area (Å²) in [6, 6.07) is 7.51. The fourth-order valence-corrected chi connectivity index (χ4v) is 2.10. The van der Waals surface area contributed by atoms with Crippen molar-refractivity contribution in [1.29, 1.82) is 0 Å². The molecule has 2 rings (SSSR count). The predicted molar refractivity (Wildman–Crippen MR) is 65.4 cm³/mol. The normalized spacial score (nSPS) is 22.7. The smallest absolute Gasteiger partial charge is 0.302 e. The molecule has 1 heterocycles. The Morgan fingerprint density at radius 3 is 2.78 bits per heavy atom. The molecule has 1 fully saturated rings. The van der Waals surface area contributed by atoms with Gasteiger partial charge in [-0.2, -0.15) is 0 Å². The Balaban J connectivity index is 2.32. The summed E-state index contributed by atoms with van der Waals surface area (Å²) in [5.41, 5.74) is 6.56. The molecular formula is C13H16N2O3. The zero-order valence-electron chi connectivity index (χ0n) is 10.4. The van der Waals surface area contributed by atoms with Crippen LogP contribution in [0, 0.1) is 0 Å². The molecule has 1 saturated heterocycles. The third-order valence-corrected chi connectivity index (χ3v) is 3.19. The number of hydrogen-bond donors (Lipinski definition) is 2. The quantitative estimate of drug-likeness (QED) is 0.770. The number of hydrogen-bond acceptors (Lipinski definition) is 4. The number of carbonyl (C=O) groups is 2. The van der Waals surface area contributed by atoms with Gasteiger partial charge in [-0.25, -0.2) is 5.43 Å². The first kappa shape index (κ1) is 12.6. The second kappa shape index (κ2) is 4.78. The molecule has 0 radical (unpaired) electrons. The van der Waals surface area contributed by atoms with Crippen LogP contribution in [-0.2, 0) is 26.3 Å². The predicted octanol–water partition coefficient (Wildman–Crippen LogP) is 0.642. The minimum atomic E-state index is -0.628. The van der Waals surface area contributed by atoms with E-state index in [1.807, 2.05) is 31.2 Å². The molecule has 0 bridgehead atoms. The Labute approximate surface area is 105 Å². The number of amides is 1. The Morgan fingerprint density at radius 2 is 2.17 bits per heavy atom. The van der Waals surface area contributed by atoms with Crippen molar-refractivity contribution in [2.75, 3.05) is 6.54 Å². The van der Waals surface area contributed by atoms with Gasteiger partial charge in [-0.3, -0.25) is 15.0 Å². The van der Waals surface area contributed by atoms with E-state index in [0.29, 0.717) is 6.54 Å². The van der Waals surface area contributed by atoms with E-state index in [0.717, 1.165) is 11.1 Å². The average Bonchev–Trinajstić information content (AvgIpc) is 2.68. The van der Waals surface area contributed by atoms with Gasteiger partial charge in [-0.15, -0.1) is 0 Å². The van der Waals surface area contributed by atoms with Gasteiger partial charge in [0, 0.05) is 13.5 Å². The van der Waals surface area contributed by atoms with Crippen molar-refractivity contribution < 1.29 is 14.3 Å². The van der Waals surface area contributed by atoms with Crippen molar-refractivity contribution >= 4 is 11.9 Å². The second-order valence-electron chi connectivity index (χ2n) is 4.58. The number of ether oxygens (including phenoxy) is 1. The van der Waals surface area contributed by atoms with Gasteiger partial charge in [0.2, 0.25) is 5.91 Å². The lowest BCUT2D eigenvalue weighted by Gasteiger charge is -2.23. The molecule has 1 aromatic carbocycles. The van der Waals surface area contributed by atoms with Crippen LogP contribution in [0.15, 0.2) is 24.3 Å². The van der Waals surface area contributed by atoms with E-state index in [9.17, 15) is 9.59 Å². The summed E-state index contributed by atoms with van der Waals surface area (Å²) in [5.74, 6) is -0.401. The number of carbonyl (C=O) groups excluding carboxylic acids is 2.